The molecule has 3 fully saturated rings. The monoisotopic (exact) mass is 294 g/mol. The second-order valence-corrected chi connectivity index (χ2v) is 7.39. The zero-order valence-electron chi connectivity index (χ0n) is 13.4. The predicted molar refractivity (Wildman–Crippen MR) is 78.6 cm³/mol. The van der Waals surface area contributed by atoms with Crippen LogP contribution in [0.4, 0.5) is 0 Å². The molecular formula is C16H26N2O3. The highest BCUT2D eigenvalue weighted by atomic mass is 16.5. The average Bonchev–Trinajstić information content (AvgIpc) is 2.65. The maximum Gasteiger partial charge on any atom is 0.235 e. The number of hydrogen-bond donors (Lipinski definition) is 0. The molecule has 2 bridgehead atoms. The number of imide groups is 1. The first-order valence-electron chi connectivity index (χ1n) is 8.04. The summed E-state index contributed by atoms with van der Waals surface area (Å²) in [6, 6.07) is 0. The summed E-state index contributed by atoms with van der Waals surface area (Å²) in [7, 11) is 0. The van der Waals surface area contributed by atoms with Crippen LogP contribution < -0.4 is 0 Å². The smallest absolute Gasteiger partial charge is 0.235 e. The zero-order valence-corrected chi connectivity index (χ0v) is 13.4. The number of rotatable bonds is 3. The Morgan fingerprint density at radius 2 is 1.81 bits per heavy atom. The van der Waals surface area contributed by atoms with Crippen LogP contribution >= 0.6 is 0 Å². The lowest BCUT2D eigenvalue weighted by Gasteiger charge is -2.48. The molecule has 2 saturated heterocycles. The molecular weight excluding hydrogens is 268 g/mol. The van der Waals surface area contributed by atoms with Crippen LogP contribution in [0.5, 0.6) is 0 Å². The molecule has 0 unspecified atom stereocenters. The molecule has 0 aromatic heterocycles. The lowest BCUT2D eigenvalue weighted by atomic mass is 9.62. The van der Waals surface area contributed by atoms with E-state index in [1.165, 1.54) is 0 Å². The lowest BCUT2D eigenvalue weighted by Crippen LogP contribution is -2.60. The van der Waals surface area contributed by atoms with Crippen molar-refractivity contribution < 1.29 is 14.3 Å². The van der Waals surface area contributed by atoms with Gasteiger partial charge in [0.25, 0.3) is 0 Å². The van der Waals surface area contributed by atoms with Crippen molar-refractivity contribution in [1.82, 2.24) is 9.80 Å². The van der Waals surface area contributed by atoms with Crippen molar-refractivity contribution >= 4 is 11.8 Å². The second kappa shape index (κ2) is 5.06. The lowest BCUT2D eigenvalue weighted by molar-refractivity contribution is -0.168. The summed E-state index contributed by atoms with van der Waals surface area (Å²) >= 11 is 0. The van der Waals surface area contributed by atoms with E-state index >= 15 is 0 Å². The summed E-state index contributed by atoms with van der Waals surface area (Å²) in [5, 5.41) is 0. The third-order valence-corrected chi connectivity index (χ3v) is 6.25. The van der Waals surface area contributed by atoms with Crippen LogP contribution in [0.2, 0.25) is 0 Å². The van der Waals surface area contributed by atoms with Gasteiger partial charge in [0.15, 0.2) is 0 Å². The van der Waals surface area contributed by atoms with E-state index in [0.29, 0.717) is 6.54 Å². The Labute approximate surface area is 126 Å². The number of carbonyl (C=O) groups excluding carboxylic acids is 2. The van der Waals surface area contributed by atoms with Crippen LogP contribution in [0, 0.1) is 16.7 Å². The molecule has 2 atom stereocenters. The Hall–Kier alpha value is -0.940. The summed E-state index contributed by atoms with van der Waals surface area (Å²) in [6.07, 6.45) is 1.69. The Kier molecular flexibility index (Phi) is 3.61. The van der Waals surface area contributed by atoms with Gasteiger partial charge in [-0.15, -0.1) is 0 Å². The number of hydrogen-bond acceptors (Lipinski definition) is 4. The zero-order chi connectivity index (χ0) is 15.3. The fraction of sp³-hybridized carbons (Fsp3) is 0.875. The summed E-state index contributed by atoms with van der Waals surface area (Å²) < 4.78 is 5.33. The number of fused-ring (bicyclic) bond motifs is 2. The highest BCUT2D eigenvalue weighted by molar-refractivity contribution is 6.03. The van der Waals surface area contributed by atoms with E-state index < -0.39 is 0 Å². The van der Waals surface area contributed by atoms with Crippen LogP contribution in [0.15, 0.2) is 0 Å². The molecule has 3 rings (SSSR count). The highest BCUT2D eigenvalue weighted by Gasteiger charge is 2.64. The first-order chi connectivity index (χ1) is 9.88. The molecule has 3 aliphatic rings. The van der Waals surface area contributed by atoms with Crippen LogP contribution in [0.25, 0.3) is 0 Å². The van der Waals surface area contributed by atoms with Gasteiger partial charge >= 0.3 is 0 Å². The van der Waals surface area contributed by atoms with Gasteiger partial charge in [-0.1, -0.05) is 20.8 Å². The van der Waals surface area contributed by atoms with E-state index in [1.54, 1.807) is 4.90 Å². The number of amides is 2. The standard InChI is InChI=1S/C16H26N2O3/c1-15(2)12-4-5-16(15,3)14(20)18(13(12)19)7-6-17-8-10-21-11-9-17/h12H,4-11H2,1-3H3/t12-,16-/m1/s1. The van der Waals surface area contributed by atoms with Crippen LogP contribution in [0.1, 0.15) is 33.6 Å². The van der Waals surface area contributed by atoms with Crippen LogP contribution in [-0.4, -0.2) is 61.0 Å². The maximum atomic E-state index is 12.9. The summed E-state index contributed by atoms with van der Waals surface area (Å²) in [6.45, 7) is 10.8. The van der Waals surface area contributed by atoms with Gasteiger partial charge in [0.05, 0.1) is 18.6 Å². The van der Waals surface area contributed by atoms with Crippen LogP contribution in [-0.2, 0) is 14.3 Å². The highest BCUT2D eigenvalue weighted by Crippen LogP contribution is 2.59. The number of piperidine rings is 1. The van der Waals surface area contributed by atoms with Crippen molar-refractivity contribution in [3.05, 3.63) is 0 Å². The molecule has 5 heteroatoms. The Morgan fingerprint density at radius 3 is 2.48 bits per heavy atom. The molecule has 2 aliphatic heterocycles. The van der Waals surface area contributed by atoms with Crippen molar-refractivity contribution in [1.29, 1.82) is 0 Å². The minimum Gasteiger partial charge on any atom is -0.379 e. The molecule has 0 aromatic rings. The SMILES string of the molecule is CC1(C)[C@@H]2CC[C@]1(C)C(=O)N(CCN1CCOCC1)C2=O. The summed E-state index contributed by atoms with van der Waals surface area (Å²) in [5.41, 5.74) is -0.590. The maximum absolute atomic E-state index is 12.9. The van der Waals surface area contributed by atoms with Crippen molar-refractivity contribution in [2.24, 2.45) is 16.7 Å². The fourth-order valence-electron chi connectivity index (χ4n) is 4.18. The molecule has 1 saturated carbocycles. The average molecular weight is 294 g/mol. The van der Waals surface area contributed by atoms with Crippen molar-refractivity contribution in [2.45, 2.75) is 33.6 Å². The fourth-order valence-corrected chi connectivity index (χ4v) is 4.18. The summed E-state index contributed by atoms with van der Waals surface area (Å²) in [5.74, 6) is 0.0950. The topological polar surface area (TPSA) is 49.9 Å². The quantitative estimate of drug-likeness (QED) is 0.732. The Balaban J connectivity index is 1.72. The van der Waals surface area contributed by atoms with E-state index in [1.807, 2.05) is 6.92 Å². The number of ether oxygens (including phenoxy) is 1. The first-order valence-corrected chi connectivity index (χ1v) is 8.04. The molecule has 0 radical (unpaired) electrons. The number of carbonyl (C=O) groups is 2. The third-order valence-electron chi connectivity index (χ3n) is 6.25. The van der Waals surface area contributed by atoms with Gasteiger partial charge in [-0.3, -0.25) is 19.4 Å². The largest absolute Gasteiger partial charge is 0.379 e. The van der Waals surface area contributed by atoms with Gasteiger partial charge in [-0.05, 0) is 18.3 Å². The molecule has 2 amide bonds. The molecule has 2 heterocycles. The predicted octanol–water partition coefficient (Wildman–Crippen LogP) is 1.13. The van der Waals surface area contributed by atoms with Crippen molar-refractivity contribution in [2.75, 3.05) is 39.4 Å². The van der Waals surface area contributed by atoms with E-state index in [2.05, 4.69) is 18.7 Å². The van der Waals surface area contributed by atoms with Crippen LogP contribution in [0.3, 0.4) is 0 Å². The molecule has 1 aliphatic carbocycles. The normalized spacial score (nSPS) is 36.3. The van der Waals surface area contributed by atoms with Gasteiger partial charge in [0.2, 0.25) is 11.8 Å². The minimum absolute atomic E-state index is 0.00453. The van der Waals surface area contributed by atoms with E-state index in [9.17, 15) is 9.59 Å². The number of nitrogens with zero attached hydrogens (tertiary/aromatic N) is 2. The van der Waals surface area contributed by atoms with Crippen molar-refractivity contribution in [3.8, 4) is 0 Å². The second-order valence-electron chi connectivity index (χ2n) is 7.39. The summed E-state index contributed by atoms with van der Waals surface area (Å²) in [4.78, 5) is 29.4. The van der Waals surface area contributed by atoms with Gasteiger partial charge in [0, 0.05) is 32.1 Å². The molecule has 118 valence electrons. The Bertz CT molecular complexity index is 456. The van der Waals surface area contributed by atoms with E-state index in [-0.39, 0.29) is 28.6 Å². The molecule has 21 heavy (non-hydrogen) atoms. The van der Waals surface area contributed by atoms with Gasteiger partial charge in [0.1, 0.15) is 0 Å². The number of likely N-dealkylation sites (tertiary alicyclic amines) is 1. The van der Waals surface area contributed by atoms with E-state index in [0.717, 1.165) is 45.7 Å². The number of morpholine rings is 1. The van der Waals surface area contributed by atoms with Gasteiger partial charge in [-0.25, -0.2) is 0 Å². The van der Waals surface area contributed by atoms with E-state index in [4.69, 9.17) is 4.74 Å². The Morgan fingerprint density at radius 1 is 1.14 bits per heavy atom. The third kappa shape index (κ3) is 2.13. The first kappa shape index (κ1) is 15.0. The molecule has 0 spiro atoms. The molecule has 0 N–H and O–H groups in total. The van der Waals surface area contributed by atoms with Gasteiger partial charge < -0.3 is 4.74 Å². The van der Waals surface area contributed by atoms with Gasteiger partial charge in [-0.2, -0.15) is 0 Å². The van der Waals surface area contributed by atoms with Crippen molar-refractivity contribution in [3.63, 3.8) is 0 Å². The molecule has 5 nitrogen and oxygen atoms in total. The minimum atomic E-state index is -0.378. The molecule has 0 aromatic carbocycles.